The van der Waals surface area contributed by atoms with Gasteiger partial charge >= 0.3 is 0 Å². The molecule has 2 N–H and O–H groups in total. The van der Waals surface area contributed by atoms with E-state index in [1.807, 2.05) is 0 Å². The summed E-state index contributed by atoms with van der Waals surface area (Å²) in [6, 6.07) is 6.38. The molecule has 0 bridgehead atoms. The highest BCUT2D eigenvalue weighted by atomic mass is 14.5. The van der Waals surface area contributed by atoms with E-state index >= 15 is 0 Å². The molecule has 14 heavy (non-hydrogen) atoms. The van der Waals surface area contributed by atoms with Gasteiger partial charge in [0.2, 0.25) is 0 Å². The number of aryl methyl sites for hydroxylation is 1. The van der Waals surface area contributed by atoms with Crippen molar-refractivity contribution in [3.63, 3.8) is 0 Å². The summed E-state index contributed by atoms with van der Waals surface area (Å²) < 4.78 is 0. The molecule has 0 heterocycles. The van der Waals surface area contributed by atoms with Crippen LogP contribution >= 0.6 is 0 Å². The van der Waals surface area contributed by atoms with Gasteiger partial charge in [-0.2, -0.15) is 0 Å². The predicted octanol–water partition coefficient (Wildman–Crippen LogP) is 3.06. The van der Waals surface area contributed by atoms with Gasteiger partial charge in [0.1, 0.15) is 0 Å². The first kappa shape index (κ1) is 11.0. The van der Waals surface area contributed by atoms with Crippen LogP contribution in [0.15, 0.2) is 23.8 Å². The van der Waals surface area contributed by atoms with Crippen molar-refractivity contribution in [2.45, 2.75) is 27.2 Å². The summed E-state index contributed by atoms with van der Waals surface area (Å²) in [6.45, 7) is 7.10. The Bertz CT molecular complexity index is 331. The third-order valence-electron chi connectivity index (χ3n) is 2.72. The largest absolute Gasteiger partial charge is 0.327 e. The van der Waals surface area contributed by atoms with E-state index in [0.29, 0.717) is 6.54 Å². The van der Waals surface area contributed by atoms with Crippen LogP contribution in [0, 0.1) is 13.8 Å². The Labute approximate surface area is 86.6 Å². The van der Waals surface area contributed by atoms with Crippen LogP contribution in [-0.4, -0.2) is 6.54 Å². The van der Waals surface area contributed by atoms with Gasteiger partial charge < -0.3 is 5.73 Å². The summed E-state index contributed by atoms with van der Waals surface area (Å²) in [5.74, 6) is 0. The van der Waals surface area contributed by atoms with Crippen LogP contribution in [0.25, 0.3) is 6.08 Å². The third-order valence-corrected chi connectivity index (χ3v) is 2.72. The molecule has 0 atom stereocenters. The molecule has 0 unspecified atom stereocenters. The fourth-order valence-corrected chi connectivity index (χ4v) is 1.46. The summed E-state index contributed by atoms with van der Waals surface area (Å²) in [4.78, 5) is 0. The Balaban J connectivity index is 3.07. The minimum Gasteiger partial charge on any atom is -0.327 e. The summed E-state index contributed by atoms with van der Waals surface area (Å²) >= 11 is 0. The second kappa shape index (κ2) is 4.97. The second-order valence-electron chi connectivity index (χ2n) is 3.65. The maximum atomic E-state index is 5.65. The van der Waals surface area contributed by atoms with Gasteiger partial charge in [-0.25, -0.2) is 0 Å². The monoisotopic (exact) mass is 189 g/mol. The maximum absolute atomic E-state index is 5.65. The normalized spacial score (nSPS) is 11.9. The summed E-state index contributed by atoms with van der Waals surface area (Å²) in [6.07, 6.45) is 3.24. The molecule has 1 heteroatoms. The zero-order valence-corrected chi connectivity index (χ0v) is 9.30. The predicted molar refractivity (Wildman–Crippen MR) is 63.2 cm³/mol. The molecule has 1 nitrogen and oxygen atoms in total. The van der Waals surface area contributed by atoms with E-state index in [1.165, 1.54) is 22.3 Å². The molecule has 0 aliphatic rings. The highest BCUT2D eigenvalue weighted by Crippen LogP contribution is 2.16. The van der Waals surface area contributed by atoms with Gasteiger partial charge in [-0.1, -0.05) is 36.8 Å². The van der Waals surface area contributed by atoms with E-state index in [1.54, 1.807) is 0 Å². The van der Waals surface area contributed by atoms with Crippen molar-refractivity contribution in [3.8, 4) is 0 Å². The van der Waals surface area contributed by atoms with Crippen LogP contribution in [0.1, 0.15) is 30.0 Å². The van der Waals surface area contributed by atoms with Gasteiger partial charge in [-0.05, 0) is 37.0 Å². The Morgan fingerprint density at radius 3 is 2.64 bits per heavy atom. The molecule has 1 aromatic carbocycles. The molecule has 0 aromatic heterocycles. The summed E-state index contributed by atoms with van der Waals surface area (Å²) in [5, 5.41) is 0. The Morgan fingerprint density at radius 2 is 2.07 bits per heavy atom. The molecule has 0 radical (unpaired) electrons. The van der Waals surface area contributed by atoms with Gasteiger partial charge in [0.25, 0.3) is 0 Å². The average molecular weight is 189 g/mol. The van der Waals surface area contributed by atoms with Crippen molar-refractivity contribution in [2.24, 2.45) is 5.73 Å². The van der Waals surface area contributed by atoms with Crippen molar-refractivity contribution >= 4 is 6.08 Å². The molecule has 0 fully saturated rings. The van der Waals surface area contributed by atoms with Gasteiger partial charge in [-0.3, -0.25) is 0 Å². The zero-order chi connectivity index (χ0) is 10.6. The van der Waals surface area contributed by atoms with Crippen molar-refractivity contribution in [3.05, 3.63) is 40.5 Å². The summed E-state index contributed by atoms with van der Waals surface area (Å²) in [5.41, 5.74) is 10.9. The number of hydrogen-bond acceptors (Lipinski definition) is 1. The Kier molecular flexibility index (Phi) is 3.90. The average Bonchev–Trinajstić information content (AvgIpc) is 2.20. The first-order valence-electron chi connectivity index (χ1n) is 5.14. The lowest BCUT2D eigenvalue weighted by molar-refractivity contribution is 1.02. The molecule has 0 amide bonds. The molecule has 0 saturated heterocycles. The van der Waals surface area contributed by atoms with Crippen LogP contribution < -0.4 is 5.73 Å². The zero-order valence-electron chi connectivity index (χ0n) is 9.30. The Morgan fingerprint density at radius 1 is 1.36 bits per heavy atom. The maximum Gasteiger partial charge on any atom is 0.0140 e. The first-order valence-corrected chi connectivity index (χ1v) is 5.14. The molecular formula is C13H19N. The van der Waals surface area contributed by atoms with E-state index in [2.05, 4.69) is 45.0 Å². The smallest absolute Gasteiger partial charge is 0.0140 e. The molecule has 0 aliphatic carbocycles. The number of nitrogens with two attached hydrogens (primary N) is 1. The van der Waals surface area contributed by atoms with Crippen LogP contribution in [0.5, 0.6) is 0 Å². The van der Waals surface area contributed by atoms with E-state index in [4.69, 9.17) is 5.73 Å². The van der Waals surface area contributed by atoms with Crippen LogP contribution in [0.3, 0.4) is 0 Å². The van der Waals surface area contributed by atoms with Crippen molar-refractivity contribution < 1.29 is 0 Å². The fourth-order valence-electron chi connectivity index (χ4n) is 1.46. The highest BCUT2D eigenvalue weighted by Gasteiger charge is 1.98. The SMILES string of the molecule is CC/C(=C/c1cccc(C)c1C)CN. The van der Waals surface area contributed by atoms with Crippen molar-refractivity contribution in [2.75, 3.05) is 6.54 Å². The van der Waals surface area contributed by atoms with Crippen molar-refractivity contribution in [1.82, 2.24) is 0 Å². The van der Waals surface area contributed by atoms with E-state index in [-0.39, 0.29) is 0 Å². The van der Waals surface area contributed by atoms with Gasteiger partial charge in [0.15, 0.2) is 0 Å². The fraction of sp³-hybridized carbons (Fsp3) is 0.385. The van der Waals surface area contributed by atoms with Crippen molar-refractivity contribution in [1.29, 1.82) is 0 Å². The van der Waals surface area contributed by atoms with Crippen LogP contribution in [0.2, 0.25) is 0 Å². The quantitative estimate of drug-likeness (QED) is 0.777. The van der Waals surface area contributed by atoms with Gasteiger partial charge in [0.05, 0.1) is 0 Å². The summed E-state index contributed by atoms with van der Waals surface area (Å²) in [7, 11) is 0. The molecule has 0 aliphatic heterocycles. The molecule has 0 spiro atoms. The van der Waals surface area contributed by atoms with Gasteiger partial charge in [0, 0.05) is 6.54 Å². The minimum absolute atomic E-state index is 0.657. The standard InChI is InChI=1S/C13H19N/c1-4-12(9-14)8-13-7-5-6-10(2)11(13)3/h5-8H,4,9,14H2,1-3H3/b12-8-. The molecular weight excluding hydrogens is 170 g/mol. The first-order chi connectivity index (χ1) is 6.69. The lowest BCUT2D eigenvalue weighted by atomic mass is 10.0. The lowest BCUT2D eigenvalue weighted by Gasteiger charge is -2.06. The van der Waals surface area contributed by atoms with Gasteiger partial charge in [-0.15, -0.1) is 0 Å². The number of rotatable bonds is 3. The number of hydrogen-bond donors (Lipinski definition) is 1. The van der Waals surface area contributed by atoms with Crippen LogP contribution in [-0.2, 0) is 0 Å². The molecule has 1 aromatic rings. The second-order valence-corrected chi connectivity index (χ2v) is 3.65. The Hall–Kier alpha value is -1.08. The van der Waals surface area contributed by atoms with Crippen LogP contribution in [0.4, 0.5) is 0 Å². The lowest BCUT2D eigenvalue weighted by Crippen LogP contribution is -2.02. The molecule has 1 rings (SSSR count). The minimum atomic E-state index is 0.657. The van der Waals surface area contributed by atoms with E-state index < -0.39 is 0 Å². The third kappa shape index (κ3) is 2.46. The molecule has 76 valence electrons. The van der Waals surface area contributed by atoms with E-state index in [9.17, 15) is 0 Å². The molecule has 0 saturated carbocycles. The van der Waals surface area contributed by atoms with E-state index in [0.717, 1.165) is 6.42 Å². The number of benzene rings is 1. The highest BCUT2D eigenvalue weighted by molar-refractivity contribution is 5.58. The topological polar surface area (TPSA) is 26.0 Å².